The highest BCUT2D eigenvalue weighted by atomic mass is 35.5. The number of ketones is 1. The first kappa shape index (κ1) is 12.7. The monoisotopic (exact) mass is 250 g/mol. The van der Waals surface area contributed by atoms with Crippen molar-refractivity contribution in [2.24, 2.45) is 0 Å². The predicted octanol–water partition coefficient (Wildman–Crippen LogP) is 2.72. The van der Waals surface area contributed by atoms with E-state index in [2.05, 4.69) is 11.6 Å². The highest BCUT2D eigenvalue weighted by Crippen LogP contribution is 2.31. The number of hydrogen-bond acceptors (Lipinski definition) is 3. The molecule has 0 aliphatic heterocycles. The molecule has 0 heterocycles. The van der Waals surface area contributed by atoms with Crippen LogP contribution in [0, 0.1) is 0 Å². The van der Waals surface area contributed by atoms with E-state index < -0.39 is 11.2 Å². The number of ether oxygens (including phenoxy) is 2. The first-order valence-electron chi connectivity index (χ1n) is 4.23. The van der Waals surface area contributed by atoms with Crippen LogP contribution in [0.1, 0.15) is 10.4 Å². The van der Waals surface area contributed by atoms with Crippen LogP contribution >= 0.6 is 11.6 Å². The van der Waals surface area contributed by atoms with Gasteiger partial charge in [-0.3, -0.25) is 4.79 Å². The average Bonchev–Trinajstić information content (AvgIpc) is 2.25. The van der Waals surface area contributed by atoms with Gasteiger partial charge < -0.3 is 9.47 Å². The molecule has 1 aromatic carbocycles. The molecule has 0 unspecified atom stereocenters. The van der Waals surface area contributed by atoms with Crippen molar-refractivity contribution in [2.75, 3.05) is 14.2 Å². The van der Waals surface area contributed by atoms with Crippen molar-refractivity contribution >= 4 is 17.4 Å². The van der Waals surface area contributed by atoms with Gasteiger partial charge in [0.25, 0.3) is 0 Å². The van der Waals surface area contributed by atoms with E-state index in [1.54, 1.807) is 0 Å². The molecule has 0 fully saturated rings. The Hall–Kier alpha value is -1.36. The van der Waals surface area contributed by atoms with Crippen molar-refractivity contribution in [1.29, 1.82) is 0 Å². The average molecular weight is 251 g/mol. The SMILES string of the molecule is COc1ccc(C(=O)C(F)(F)Cl)cc1OC. The first-order valence-corrected chi connectivity index (χ1v) is 4.61. The zero-order valence-electron chi connectivity index (χ0n) is 8.59. The summed E-state index contributed by atoms with van der Waals surface area (Å²) < 4.78 is 34.9. The molecule has 1 rings (SSSR count). The van der Waals surface area contributed by atoms with Crippen LogP contribution in [0.2, 0.25) is 0 Å². The van der Waals surface area contributed by atoms with E-state index in [-0.39, 0.29) is 11.3 Å². The lowest BCUT2D eigenvalue weighted by Crippen LogP contribution is -2.21. The first-order chi connectivity index (χ1) is 7.40. The number of benzene rings is 1. The molecule has 0 aromatic heterocycles. The third-order valence-corrected chi connectivity index (χ3v) is 2.07. The lowest BCUT2D eigenvalue weighted by molar-refractivity contribution is 0.0536. The van der Waals surface area contributed by atoms with Gasteiger partial charge in [-0.15, -0.1) is 0 Å². The Labute approximate surface area is 95.9 Å². The smallest absolute Gasteiger partial charge is 0.384 e. The summed E-state index contributed by atoms with van der Waals surface area (Å²) >= 11 is 4.63. The van der Waals surface area contributed by atoms with Crippen LogP contribution in [-0.2, 0) is 0 Å². The number of carbonyl (C=O) groups is 1. The van der Waals surface area contributed by atoms with Crippen molar-refractivity contribution in [3.8, 4) is 11.5 Å². The molecule has 0 atom stereocenters. The summed E-state index contributed by atoms with van der Waals surface area (Å²) in [6.45, 7) is 0. The van der Waals surface area contributed by atoms with E-state index in [0.29, 0.717) is 5.75 Å². The highest BCUT2D eigenvalue weighted by Gasteiger charge is 2.36. The second kappa shape index (κ2) is 4.65. The maximum atomic E-state index is 12.6. The zero-order chi connectivity index (χ0) is 12.3. The zero-order valence-corrected chi connectivity index (χ0v) is 9.35. The van der Waals surface area contributed by atoms with E-state index in [9.17, 15) is 13.6 Å². The molecule has 88 valence electrons. The van der Waals surface area contributed by atoms with Crippen LogP contribution in [0.5, 0.6) is 11.5 Å². The number of Topliss-reactive ketones (excluding diaryl/α,β-unsaturated/α-hetero) is 1. The van der Waals surface area contributed by atoms with Crippen molar-refractivity contribution in [2.45, 2.75) is 5.38 Å². The topological polar surface area (TPSA) is 35.5 Å². The summed E-state index contributed by atoms with van der Waals surface area (Å²) in [6.07, 6.45) is 0. The Morgan fingerprint density at radius 1 is 1.25 bits per heavy atom. The Morgan fingerprint density at radius 3 is 2.25 bits per heavy atom. The molecule has 3 nitrogen and oxygen atoms in total. The lowest BCUT2D eigenvalue weighted by Gasteiger charge is -2.10. The molecule has 0 saturated carbocycles. The number of hydrogen-bond donors (Lipinski definition) is 0. The van der Waals surface area contributed by atoms with Crippen molar-refractivity contribution in [1.82, 2.24) is 0 Å². The predicted molar refractivity (Wildman–Crippen MR) is 54.7 cm³/mol. The fraction of sp³-hybridized carbons (Fsp3) is 0.300. The Balaban J connectivity index is 3.13. The van der Waals surface area contributed by atoms with Gasteiger partial charge in [-0.05, 0) is 29.8 Å². The summed E-state index contributed by atoms with van der Waals surface area (Å²) in [6, 6.07) is 3.70. The quantitative estimate of drug-likeness (QED) is 0.609. The maximum absolute atomic E-state index is 12.6. The summed E-state index contributed by atoms with van der Waals surface area (Å²) in [5, 5.41) is -3.92. The Bertz CT molecular complexity index is 402. The molecule has 6 heteroatoms. The highest BCUT2D eigenvalue weighted by molar-refractivity contribution is 6.35. The van der Waals surface area contributed by atoms with Gasteiger partial charge in [0.2, 0.25) is 5.78 Å². The van der Waals surface area contributed by atoms with Crippen molar-refractivity contribution in [3.63, 3.8) is 0 Å². The normalized spacial score (nSPS) is 11.1. The number of rotatable bonds is 4. The molecular formula is C10H9ClF2O3. The van der Waals surface area contributed by atoms with Crippen molar-refractivity contribution in [3.05, 3.63) is 23.8 Å². The van der Waals surface area contributed by atoms with E-state index in [1.807, 2.05) is 0 Å². The standard InChI is InChI=1S/C10H9ClF2O3/c1-15-7-4-3-6(5-8(7)16-2)9(14)10(11,12)13/h3-5H,1-2H3. The number of alkyl halides is 3. The fourth-order valence-corrected chi connectivity index (χ4v) is 1.25. The van der Waals surface area contributed by atoms with Gasteiger partial charge in [-0.2, -0.15) is 8.78 Å². The molecule has 0 aliphatic carbocycles. The minimum Gasteiger partial charge on any atom is -0.493 e. The molecule has 0 radical (unpaired) electrons. The van der Waals surface area contributed by atoms with Gasteiger partial charge in [0.05, 0.1) is 14.2 Å². The van der Waals surface area contributed by atoms with E-state index in [1.165, 1.54) is 26.4 Å². The third-order valence-electron chi connectivity index (χ3n) is 1.90. The van der Waals surface area contributed by atoms with Crippen LogP contribution in [0.25, 0.3) is 0 Å². The molecule has 0 saturated heterocycles. The third kappa shape index (κ3) is 2.61. The molecule has 0 aliphatic rings. The summed E-state index contributed by atoms with van der Waals surface area (Å²) in [5.74, 6) is -0.943. The van der Waals surface area contributed by atoms with Crippen LogP contribution in [0.15, 0.2) is 18.2 Å². The molecular weight excluding hydrogens is 242 g/mol. The second-order valence-electron chi connectivity index (χ2n) is 2.90. The van der Waals surface area contributed by atoms with Gasteiger partial charge in [0.1, 0.15) is 0 Å². The largest absolute Gasteiger partial charge is 0.493 e. The van der Waals surface area contributed by atoms with E-state index >= 15 is 0 Å². The van der Waals surface area contributed by atoms with Crippen molar-refractivity contribution < 1.29 is 23.0 Å². The lowest BCUT2D eigenvalue weighted by atomic mass is 10.1. The van der Waals surface area contributed by atoms with Crippen LogP contribution in [0.4, 0.5) is 8.78 Å². The molecule has 0 N–H and O–H groups in total. The summed E-state index contributed by atoms with van der Waals surface area (Å²) in [5.41, 5.74) is -0.238. The van der Waals surface area contributed by atoms with Gasteiger partial charge in [-0.1, -0.05) is 0 Å². The minimum atomic E-state index is -3.92. The van der Waals surface area contributed by atoms with Crippen LogP contribution < -0.4 is 9.47 Å². The Kier molecular flexibility index (Phi) is 3.70. The number of halogens is 3. The van der Waals surface area contributed by atoms with Gasteiger partial charge in [0, 0.05) is 5.56 Å². The molecule has 16 heavy (non-hydrogen) atoms. The van der Waals surface area contributed by atoms with Gasteiger partial charge in [0.15, 0.2) is 11.5 Å². The number of carbonyl (C=O) groups excluding carboxylic acids is 1. The second-order valence-corrected chi connectivity index (χ2v) is 3.37. The molecule has 1 aromatic rings. The molecule has 0 bridgehead atoms. The minimum absolute atomic E-state index is 0.189. The number of methoxy groups -OCH3 is 2. The fourth-order valence-electron chi connectivity index (χ4n) is 1.14. The van der Waals surface area contributed by atoms with E-state index in [4.69, 9.17) is 9.47 Å². The molecule has 0 spiro atoms. The summed E-state index contributed by atoms with van der Waals surface area (Å²) in [4.78, 5) is 11.2. The van der Waals surface area contributed by atoms with E-state index in [0.717, 1.165) is 6.07 Å². The van der Waals surface area contributed by atoms with Gasteiger partial charge in [-0.25, -0.2) is 0 Å². The van der Waals surface area contributed by atoms with Gasteiger partial charge >= 0.3 is 5.38 Å². The Morgan fingerprint density at radius 2 is 1.81 bits per heavy atom. The maximum Gasteiger partial charge on any atom is 0.384 e. The van der Waals surface area contributed by atoms with Crippen LogP contribution in [-0.4, -0.2) is 25.4 Å². The van der Waals surface area contributed by atoms with Crippen LogP contribution in [0.3, 0.4) is 0 Å². The molecule has 0 amide bonds. The summed E-state index contributed by atoms with van der Waals surface area (Å²) in [7, 11) is 2.74.